The monoisotopic (exact) mass is 516 g/mol. The van der Waals surface area contributed by atoms with Crippen LogP contribution in [0.3, 0.4) is 0 Å². The fraction of sp³-hybridized carbons (Fsp3) is 0.121. The van der Waals surface area contributed by atoms with E-state index >= 15 is 0 Å². The Kier molecular flexibility index (Phi) is 8.29. The van der Waals surface area contributed by atoms with Crippen LogP contribution in [0.1, 0.15) is 22.3 Å². The Morgan fingerprint density at radius 2 is 1.33 bits per heavy atom. The van der Waals surface area contributed by atoms with Gasteiger partial charge in [-0.1, -0.05) is 78.4 Å². The third-order valence-corrected chi connectivity index (χ3v) is 5.61. The molecule has 0 radical (unpaired) electrons. The molecule has 1 heterocycles. The first kappa shape index (κ1) is 25.3. The SMILES string of the molecule is O=C(C#Cc1ccc2c(c1)OCO2)OCC#Cc1ccc(OCc2ccccc2)c(OCc2ccccc2)c1. The van der Waals surface area contributed by atoms with Gasteiger partial charge in [-0.25, -0.2) is 4.79 Å². The van der Waals surface area contributed by atoms with Gasteiger partial charge in [-0.3, -0.25) is 0 Å². The summed E-state index contributed by atoms with van der Waals surface area (Å²) < 4.78 is 27.8. The molecular weight excluding hydrogens is 492 g/mol. The molecule has 0 fully saturated rings. The number of rotatable bonds is 7. The highest BCUT2D eigenvalue weighted by Crippen LogP contribution is 2.32. The number of hydrogen-bond donors (Lipinski definition) is 0. The van der Waals surface area contributed by atoms with E-state index in [4.69, 9.17) is 23.7 Å². The lowest BCUT2D eigenvalue weighted by atomic mass is 10.2. The fourth-order valence-electron chi connectivity index (χ4n) is 3.66. The van der Waals surface area contributed by atoms with Crippen LogP contribution >= 0.6 is 0 Å². The minimum Gasteiger partial charge on any atom is -0.485 e. The number of carbonyl (C=O) groups is 1. The summed E-state index contributed by atoms with van der Waals surface area (Å²) in [4.78, 5) is 12.0. The van der Waals surface area contributed by atoms with E-state index in [0.717, 1.165) is 11.1 Å². The number of fused-ring (bicyclic) bond motifs is 1. The van der Waals surface area contributed by atoms with Gasteiger partial charge in [-0.05, 0) is 47.5 Å². The molecule has 0 amide bonds. The molecule has 0 atom stereocenters. The highest BCUT2D eigenvalue weighted by atomic mass is 16.7. The number of esters is 1. The Balaban J connectivity index is 1.21. The second-order valence-corrected chi connectivity index (χ2v) is 8.41. The fourth-order valence-corrected chi connectivity index (χ4v) is 3.66. The zero-order chi connectivity index (χ0) is 26.7. The van der Waals surface area contributed by atoms with E-state index in [1.807, 2.05) is 78.9 Å². The van der Waals surface area contributed by atoms with E-state index in [1.54, 1.807) is 18.2 Å². The predicted octanol–water partition coefficient (Wildman–Crippen LogP) is 5.52. The number of ether oxygens (including phenoxy) is 5. The first-order valence-electron chi connectivity index (χ1n) is 12.3. The Hall–Kier alpha value is -5.33. The Morgan fingerprint density at radius 3 is 2.08 bits per heavy atom. The molecule has 4 aromatic rings. The number of carbonyl (C=O) groups excluding carboxylic acids is 1. The topological polar surface area (TPSA) is 63.2 Å². The third-order valence-electron chi connectivity index (χ3n) is 5.61. The summed E-state index contributed by atoms with van der Waals surface area (Å²) in [6.07, 6.45) is 0. The molecule has 39 heavy (non-hydrogen) atoms. The Morgan fingerprint density at radius 1 is 0.692 bits per heavy atom. The molecule has 0 aliphatic carbocycles. The molecule has 0 saturated carbocycles. The van der Waals surface area contributed by atoms with Crippen LogP contribution in [0.25, 0.3) is 0 Å². The van der Waals surface area contributed by atoms with Gasteiger partial charge in [0, 0.05) is 17.0 Å². The molecule has 0 aromatic heterocycles. The van der Waals surface area contributed by atoms with Gasteiger partial charge in [0.15, 0.2) is 29.6 Å². The number of hydrogen-bond acceptors (Lipinski definition) is 6. The van der Waals surface area contributed by atoms with Crippen LogP contribution in [0.2, 0.25) is 0 Å². The molecule has 6 heteroatoms. The summed E-state index contributed by atoms with van der Waals surface area (Å²) in [6, 6.07) is 30.5. The standard InChI is InChI=1S/C33H24O6/c34-33(18-15-26-14-17-30-32(21-26)39-24-38-30)35-19-7-12-25-13-16-29(36-22-27-8-3-1-4-9-27)31(20-25)37-23-28-10-5-2-6-11-28/h1-6,8-11,13-14,16-17,20-21H,19,22-24H2. The minimum absolute atomic E-state index is 0.0961. The second kappa shape index (κ2) is 12.8. The molecule has 192 valence electrons. The quantitative estimate of drug-likeness (QED) is 0.238. The molecule has 6 nitrogen and oxygen atoms in total. The average molecular weight is 517 g/mol. The van der Waals surface area contributed by atoms with Crippen molar-refractivity contribution < 1.29 is 28.5 Å². The van der Waals surface area contributed by atoms with E-state index in [-0.39, 0.29) is 13.4 Å². The minimum atomic E-state index is -0.668. The summed E-state index contributed by atoms with van der Waals surface area (Å²) >= 11 is 0. The lowest BCUT2D eigenvalue weighted by Crippen LogP contribution is -2.02. The molecular formula is C33H24O6. The molecule has 1 aliphatic heterocycles. The van der Waals surface area contributed by atoms with Gasteiger partial charge >= 0.3 is 5.97 Å². The molecule has 0 bridgehead atoms. The van der Waals surface area contributed by atoms with Gasteiger partial charge in [-0.2, -0.15) is 0 Å². The van der Waals surface area contributed by atoms with Crippen molar-refractivity contribution in [3.8, 4) is 46.7 Å². The smallest absolute Gasteiger partial charge is 0.385 e. The van der Waals surface area contributed by atoms with Crippen LogP contribution in [0.5, 0.6) is 23.0 Å². The predicted molar refractivity (Wildman–Crippen MR) is 145 cm³/mol. The van der Waals surface area contributed by atoms with Gasteiger partial charge in [0.25, 0.3) is 0 Å². The van der Waals surface area contributed by atoms with Crippen LogP contribution in [0.15, 0.2) is 97.1 Å². The largest absolute Gasteiger partial charge is 0.485 e. The summed E-state index contributed by atoms with van der Waals surface area (Å²) in [5.41, 5.74) is 3.42. The van der Waals surface area contributed by atoms with Crippen molar-refractivity contribution in [2.75, 3.05) is 13.4 Å². The van der Waals surface area contributed by atoms with E-state index < -0.39 is 5.97 Å². The lowest BCUT2D eigenvalue weighted by molar-refractivity contribution is -0.135. The summed E-state index contributed by atoms with van der Waals surface area (Å²) in [5, 5.41) is 0. The maximum atomic E-state index is 12.0. The maximum Gasteiger partial charge on any atom is 0.385 e. The van der Waals surface area contributed by atoms with Gasteiger partial charge in [0.2, 0.25) is 6.79 Å². The van der Waals surface area contributed by atoms with Crippen LogP contribution in [-0.4, -0.2) is 19.4 Å². The highest BCUT2D eigenvalue weighted by Gasteiger charge is 2.12. The molecule has 4 aromatic carbocycles. The van der Waals surface area contributed by atoms with Gasteiger partial charge in [-0.15, -0.1) is 0 Å². The third kappa shape index (κ3) is 7.35. The van der Waals surface area contributed by atoms with Crippen molar-refractivity contribution in [3.05, 3.63) is 119 Å². The van der Waals surface area contributed by atoms with E-state index in [0.29, 0.717) is 47.3 Å². The summed E-state index contributed by atoms with van der Waals surface area (Å²) in [6.45, 7) is 0.883. The number of benzene rings is 4. The van der Waals surface area contributed by atoms with Crippen molar-refractivity contribution in [2.45, 2.75) is 13.2 Å². The van der Waals surface area contributed by atoms with Crippen molar-refractivity contribution in [1.29, 1.82) is 0 Å². The van der Waals surface area contributed by atoms with Crippen LogP contribution < -0.4 is 18.9 Å². The Bertz CT molecular complexity index is 1560. The van der Waals surface area contributed by atoms with Gasteiger partial charge < -0.3 is 23.7 Å². The van der Waals surface area contributed by atoms with Gasteiger partial charge in [0.1, 0.15) is 13.2 Å². The van der Waals surface area contributed by atoms with Crippen molar-refractivity contribution >= 4 is 5.97 Å². The first-order chi connectivity index (χ1) is 19.2. The summed E-state index contributed by atoms with van der Waals surface area (Å²) in [7, 11) is 0. The van der Waals surface area contributed by atoms with E-state index in [9.17, 15) is 4.79 Å². The molecule has 1 aliphatic rings. The summed E-state index contributed by atoms with van der Waals surface area (Å²) in [5.74, 6) is 12.8. The van der Waals surface area contributed by atoms with Crippen molar-refractivity contribution in [3.63, 3.8) is 0 Å². The maximum absolute atomic E-state index is 12.0. The normalized spacial score (nSPS) is 10.9. The molecule has 5 rings (SSSR count). The highest BCUT2D eigenvalue weighted by molar-refractivity contribution is 5.89. The molecule has 0 unspecified atom stereocenters. The van der Waals surface area contributed by atoms with Crippen LogP contribution in [0, 0.1) is 23.7 Å². The van der Waals surface area contributed by atoms with Crippen molar-refractivity contribution in [1.82, 2.24) is 0 Å². The van der Waals surface area contributed by atoms with E-state index in [2.05, 4.69) is 23.7 Å². The molecule has 0 N–H and O–H groups in total. The van der Waals surface area contributed by atoms with Gasteiger partial charge in [0.05, 0.1) is 0 Å². The van der Waals surface area contributed by atoms with Crippen LogP contribution in [-0.2, 0) is 22.7 Å². The second-order valence-electron chi connectivity index (χ2n) is 8.41. The van der Waals surface area contributed by atoms with E-state index in [1.165, 1.54) is 0 Å². The average Bonchev–Trinajstić information content (AvgIpc) is 3.46. The van der Waals surface area contributed by atoms with Crippen molar-refractivity contribution in [2.24, 2.45) is 0 Å². The Labute approximate surface area is 227 Å². The lowest BCUT2D eigenvalue weighted by Gasteiger charge is -2.13. The van der Waals surface area contributed by atoms with Crippen LogP contribution in [0.4, 0.5) is 0 Å². The molecule has 0 spiro atoms. The molecule has 0 saturated heterocycles. The first-order valence-corrected chi connectivity index (χ1v) is 12.3. The zero-order valence-electron chi connectivity index (χ0n) is 21.0. The zero-order valence-corrected chi connectivity index (χ0v) is 21.0.